The predicted octanol–water partition coefficient (Wildman–Crippen LogP) is 2.88. The highest BCUT2D eigenvalue weighted by molar-refractivity contribution is 9.10. The van der Waals surface area contributed by atoms with Gasteiger partial charge in [-0.15, -0.1) is 0 Å². The van der Waals surface area contributed by atoms with Crippen LogP contribution < -0.4 is 0 Å². The van der Waals surface area contributed by atoms with Crippen molar-refractivity contribution in [3.63, 3.8) is 0 Å². The minimum Gasteiger partial charge on any atom is -0.193 e. The maximum atomic E-state index is 8.70. The average Bonchev–Trinajstić information content (AvgIpc) is 2.16. The first kappa shape index (κ1) is 9.51. The Labute approximate surface area is 84.9 Å². The van der Waals surface area contributed by atoms with Crippen LogP contribution in [-0.2, 0) is 0 Å². The van der Waals surface area contributed by atoms with Gasteiger partial charge in [0.25, 0.3) is 0 Å². The van der Waals surface area contributed by atoms with Gasteiger partial charge in [-0.25, -0.2) is 0 Å². The molecule has 3 heteroatoms. The summed E-state index contributed by atoms with van der Waals surface area (Å²) in [5.41, 5.74) is 1.14. The Hall–Kier alpha value is -1.58. The molecule has 0 unspecified atom stereocenters. The standard InChI is InChI=1S/C10H5BrN2/c11-10-3-1-8(2-4-10)9(7-13)5-6-12/h1-5H/b9-5-. The van der Waals surface area contributed by atoms with Gasteiger partial charge >= 0.3 is 0 Å². The summed E-state index contributed by atoms with van der Waals surface area (Å²) < 4.78 is 0.950. The van der Waals surface area contributed by atoms with E-state index < -0.39 is 0 Å². The topological polar surface area (TPSA) is 47.6 Å². The molecule has 0 aliphatic carbocycles. The molecular weight excluding hydrogens is 228 g/mol. The molecule has 0 aliphatic heterocycles. The molecular formula is C10H5BrN2. The van der Waals surface area contributed by atoms with E-state index in [1.807, 2.05) is 24.3 Å². The van der Waals surface area contributed by atoms with Gasteiger partial charge in [0, 0.05) is 10.5 Å². The molecule has 0 N–H and O–H groups in total. The number of nitriles is 2. The summed E-state index contributed by atoms with van der Waals surface area (Å²) in [6.45, 7) is 0. The Morgan fingerprint density at radius 3 is 2.31 bits per heavy atom. The lowest BCUT2D eigenvalue weighted by molar-refractivity contribution is 1.50. The minimum atomic E-state index is 0.384. The molecule has 0 fully saturated rings. The summed E-state index contributed by atoms with van der Waals surface area (Å²) in [7, 11) is 0. The first-order valence-electron chi connectivity index (χ1n) is 3.53. The van der Waals surface area contributed by atoms with E-state index in [0.29, 0.717) is 5.57 Å². The molecule has 0 saturated carbocycles. The molecule has 1 aromatic rings. The summed E-state index contributed by atoms with van der Waals surface area (Å²) in [6, 6.07) is 11.0. The van der Waals surface area contributed by atoms with Crippen molar-refractivity contribution in [1.29, 1.82) is 10.5 Å². The molecule has 0 spiro atoms. The van der Waals surface area contributed by atoms with Gasteiger partial charge in [-0.05, 0) is 17.7 Å². The van der Waals surface area contributed by atoms with Crippen molar-refractivity contribution >= 4 is 21.5 Å². The molecule has 1 rings (SSSR count). The van der Waals surface area contributed by atoms with E-state index in [0.717, 1.165) is 10.0 Å². The van der Waals surface area contributed by atoms with Crippen molar-refractivity contribution in [2.45, 2.75) is 0 Å². The van der Waals surface area contributed by atoms with E-state index in [4.69, 9.17) is 10.5 Å². The number of rotatable bonds is 1. The molecule has 1 aromatic carbocycles. The zero-order valence-electron chi connectivity index (χ0n) is 6.66. The Kier molecular flexibility index (Phi) is 3.25. The molecule has 0 saturated heterocycles. The van der Waals surface area contributed by atoms with Gasteiger partial charge in [-0.1, -0.05) is 28.1 Å². The van der Waals surface area contributed by atoms with Crippen LogP contribution in [0, 0.1) is 22.7 Å². The molecule has 62 valence electrons. The van der Waals surface area contributed by atoms with Crippen LogP contribution in [0.15, 0.2) is 34.8 Å². The minimum absolute atomic E-state index is 0.384. The maximum Gasteiger partial charge on any atom is 0.101 e. The maximum absolute atomic E-state index is 8.70. The molecule has 0 aromatic heterocycles. The van der Waals surface area contributed by atoms with E-state index >= 15 is 0 Å². The normalized spacial score (nSPS) is 10.2. The van der Waals surface area contributed by atoms with Crippen LogP contribution >= 0.6 is 15.9 Å². The quantitative estimate of drug-likeness (QED) is 0.700. The number of benzene rings is 1. The highest BCUT2D eigenvalue weighted by Gasteiger charge is 1.98. The lowest BCUT2D eigenvalue weighted by Crippen LogP contribution is -1.79. The molecule has 0 amide bonds. The second-order valence-electron chi connectivity index (χ2n) is 2.31. The number of hydrogen-bond donors (Lipinski definition) is 0. The first-order valence-corrected chi connectivity index (χ1v) is 4.33. The Morgan fingerprint density at radius 2 is 1.85 bits per heavy atom. The summed E-state index contributed by atoms with van der Waals surface area (Å²) in [5.74, 6) is 0. The third kappa shape index (κ3) is 2.43. The Balaban J connectivity index is 3.10. The largest absolute Gasteiger partial charge is 0.193 e. The van der Waals surface area contributed by atoms with Crippen molar-refractivity contribution in [1.82, 2.24) is 0 Å². The second-order valence-corrected chi connectivity index (χ2v) is 3.22. The number of hydrogen-bond acceptors (Lipinski definition) is 2. The van der Waals surface area contributed by atoms with Gasteiger partial charge in [0.05, 0.1) is 11.6 Å². The zero-order chi connectivity index (χ0) is 9.68. The van der Waals surface area contributed by atoms with Gasteiger partial charge in [-0.3, -0.25) is 0 Å². The zero-order valence-corrected chi connectivity index (χ0v) is 8.25. The van der Waals surface area contributed by atoms with Gasteiger partial charge in [0.1, 0.15) is 6.07 Å². The Morgan fingerprint density at radius 1 is 1.23 bits per heavy atom. The summed E-state index contributed by atoms with van der Waals surface area (Å²) >= 11 is 3.29. The highest BCUT2D eigenvalue weighted by atomic mass is 79.9. The monoisotopic (exact) mass is 232 g/mol. The predicted molar refractivity (Wildman–Crippen MR) is 53.3 cm³/mol. The smallest absolute Gasteiger partial charge is 0.101 e. The third-order valence-electron chi connectivity index (χ3n) is 1.48. The molecule has 13 heavy (non-hydrogen) atoms. The summed E-state index contributed by atoms with van der Waals surface area (Å²) in [5, 5.41) is 17.1. The second kappa shape index (κ2) is 4.45. The highest BCUT2D eigenvalue weighted by Crippen LogP contribution is 2.16. The van der Waals surface area contributed by atoms with Crippen molar-refractivity contribution in [2.24, 2.45) is 0 Å². The fraction of sp³-hybridized carbons (Fsp3) is 0. The number of halogens is 1. The molecule has 0 atom stereocenters. The van der Waals surface area contributed by atoms with Crippen LogP contribution in [0.4, 0.5) is 0 Å². The van der Waals surface area contributed by atoms with Crippen LogP contribution in [-0.4, -0.2) is 0 Å². The van der Waals surface area contributed by atoms with Crippen LogP contribution in [0.25, 0.3) is 5.57 Å². The van der Waals surface area contributed by atoms with E-state index in [1.54, 1.807) is 12.1 Å². The van der Waals surface area contributed by atoms with E-state index in [2.05, 4.69) is 15.9 Å². The average molecular weight is 233 g/mol. The number of allylic oxidation sites excluding steroid dienone is 2. The van der Waals surface area contributed by atoms with Gasteiger partial charge in [0.15, 0.2) is 0 Å². The number of nitrogens with zero attached hydrogens (tertiary/aromatic N) is 2. The van der Waals surface area contributed by atoms with Gasteiger partial charge in [-0.2, -0.15) is 10.5 Å². The van der Waals surface area contributed by atoms with Crippen molar-refractivity contribution in [3.05, 3.63) is 40.4 Å². The van der Waals surface area contributed by atoms with E-state index in [1.165, 1.54) is 6.08 Å². The molecule has 0 heterocycles. The molecule has 0 radical (unpaired) electrons. The fourth-order valence-electron chi connectivity index (χ4n) is 0.874. The van der Waals surface area contributed by atoms with E-state index in [9.17, 15) is 0 Å². The van der Waals surface area contributed by atoms with Gasteiger partial charge < -0.3 is 0 Å². The lowest BCUT2D eigenvalue weighted by atomic mass is 10.1. The lowest BCUT2D eigenvalue weighted by Gasteiger charge is -1.96. The summed E-state index contributed by atoms with van der Waals surface area (Å²) in [4.78, 5) is 0. The van der Waals surface area contributed by atoms with E-state index in [-0.39, 0.29) is 0 Å². The SMILES string of the molecule is N#C/C=C(/C#N)c1ccc(Br)cc1. The van der Waals surface area contributed by atoms with Crippen LogP contribution in [0.1, 0.15) is 5.56 Å². The van der Waals surface area contributed by atoms with Crippen LogP contribution in [0.3, 0.4) is 0 Å². The van der Waals surface area contributed by atoms with Crippen LogP contribution in [0.2, 0.25) is 0 Å². The third-order valence-corrected chi connectivity index (χ3v) is 2.01. The molecule has 0 aliphatic rings. The van der Waals surface area contributed by atoms with Crippen LogP contribution in [0.5, 0.6) is 0 Å². The molecule has 0 bridgehead atoms. The van der Waals surface area contributed by atoms with Crippen molar-refractivity contribution in [3.8, 4) is 12.1 Å². The summed E-state index contributed by atoms with van der Waals surface area (Å²) in [6.07, 6.45) is 1.24. The Bertz CT molecular complexity index is 404. The van der Waals surface area contributed by atoms with Crippen molar-refractivity contribution < 1.29 is 0 Å². The molecule has 2 nitrogen and oxygen atoms in total. The fourth-order valence-corrected chi connectivity index (χ4v) is 1.14. The van der Waals surface area contributed by atoms with Crippen molar-refractivity contribution in [2.75, 3.05) is 0 Å². The van der Waals surface area contributed by atoms with Gasteiger partial charge in [0.2, 0.25) is 0 Å². The first-order chi connectivity index (χ1) is 6.27.